The van der Waals surface area contributed by atoms with E-state index >= 15 is 0 Å². The minimum absolute atomic E-state index is 0.125. The standard InChI is InChI=1S/C14H13NO2.C2H6O2/c16-14(17)13(11-7-3-1-4-8-11)15-12-9-5-2-6-10-12;3-1-2-4/h1-10,13,15H,(H,16,17);3-4H,1-2H2. The van der Waals surface area contributed by atoms with Gasteiger partial charge in [0.05, 0.1) is 13.2 Å². The fourth-order valence-corrected chi connectivity index (χ4v) is 1.63. The van der Waals surface area contributed by atoms with Crippen molar-refractivity contribution in [3.8, 4) is 0 Å². The van der Waals surface area contributed by atoms with Gasteiger partial charge < -0.3 is 20.6 Å². The van der Waals surface area contributed by atoms with E-state index in [0.717, 1.165) is 11.3 Å². The number of anilines is 1. The molecular weight excluding hydrogens is 270 g/mol. The molecule has 112 valence electrons. The van der Waals surface area contributed by atoms with Crippen LogP contribution in [0.3, 0.4) is 0 Å². The SMILES string of the molecule is O=C(O)C(Nc1ccccc1)c1ccccc1.OCCO. The van der Waals surface area contributed by atoms with Crippen molar-refractivity contribution < 1.29 is 20.1 Å². The largest absolute Gasteiger partial charge is 0.479 e. The predicted octanol–water partition coefficient (Wildman–Crippen LogP) is 1.90. The third kappa shape index (κ3) is 6.07. The Morgan fingerprint density at radius 1 is 0.905 bits per heavy atom. The van der Waals surface area contributed by atoms with Crippen molar-refractivity contribution in [3.63, 3.8) is 0 Å². The minimum Gasteiger partial charge on any atom is -0.479 e. The van der Waals surface area contributed by atoms with Crippen LogP contribution in [0.5, 0.6) is 0 Å². The van der Waals surface area contributed by atoms with E-state index in [1.54, 1.807) is 12.1 Å². The number of carboxylic acid groups (broad SMARTS) is 1. The van der Waals surface area contributed by atoms with E-state index in [9.17, 15) is 9.90 Å². The van der Waals surface area contributed by atoms with Gasteiger partial charge in [0, 0.05) is 5.69 Å². The maximum absolute atomic E-state index is 11.2. The summed E-state index contributed by atoms with van der Waals surface area (Å²) in [7, 11) is 0. The molecule has 0 saturated heterocycles. The quantitative estimate of drug-likeness (QED) is 0.675. The van der Waals surface area contributed by atoms with Gasteiger partial charge >= 0.3 is 5.97 Å². The van der Waals surface area contributed by atoms with Crippen LogP contribution in [-0.2, 0) is 4.79 Å². The molecule has 0 fully saturated rings. The van der Waals surface area contributed by atoms with Crippen LogP contribution in [0, 0.1) is 0 Å². The molecule has 0 saturated carbocycles. The number of carbonyl (C=O) groups is 1. The summed E-state index contributed by atoms with van der Waals surface area (Å²) in [6.45, 7) is -0.250. The van der Waals surface area contributed by atoms with E-state index in [-0.39, 0.29) is 13.2 Å². The summed E-state index contributed by atoms with van der Waals surface area (Å²) in [5.74, 6) is -0.889. The Morgan fingerprint density at radius 3 is 1.81 bits per heavy atom. The molecule has 0 aliphatic carbocycles. The first-order valence-corrected chi connectivity index (χ1v) is 6.50. The maximum atomic E-state index is 11.2. The number of aliphatic hydroxyl groups excluding tert-OH is 2. The molecule has 2 aromatic carbocycles. The first-order chi connectivity index (χ1) is 10.2. The maximum Gasteiger partial charge on any atom is 0.330 e. The minimum atomic E-state index is -0.889. The summed E-state index contributed by atoms with van der Waals surface area (Å²) in [5.41, 5.74) is 1.53. The molecule has 0 aromatic heterocycles. The number of rotatable bonds is 5. The van der Waals surface area contributed by atoms with Gasteiger partial charge in [-0.05, 0) is 17.7 Å². The van der Waals surface area contributed by atoms with Crippen LogP contribution >= 0.6 is 0 Å². The Labute approximate surface area is 123 Å². The van der Waals surface area contributed by atoms with Crippen molar-refractivity contribution in [2.24, 2.45) is 0 Å². The lowest BCUT2D eigenvalue weighted by molar-refractivity contribution is -0.138. The third-order valence-electron chi connectivity index (χ3n) is 2.56. The molecule has 1 unspecified atom stereocenters. The zero-order valence-electron chi connectivity index (χ0n) is 11.5. The summed E-state index contributed by atoms with van der Waals surface area (Å²) in [6.07, 6.45) is 0. The van der Waals surface area contributed by atoms with E-state index < -0.39 is 12.0 Å². The molecule has 0 amide bonds. The van der Waals surface area contributed by atoms with Crippen molar-refractivity contribution in [1.82, 2.24) is 0 Å². The molecule has 5 nitrogen and oxygen atoms in total. The van der Waals surface area contributed by atoms with Crippen LogP contribution in [0.4, 0.5) is 5.69 Å². The van der Waals surface area contributed by atoms with Crippen molar-refractivity contribution in [2.75, 3.05) is 18.5 Å². The monoisotopic (exact) mass is 289 g/mol. The second kappa shape index (κ2) is 9.52. The lowest BCUT2D eigenvalue weighted by atomic mass is 10.1. The Bertz CT molecular complexity index is 514. The summed E-state index contributed by atoms with van der Waals surface area (Å²) < 4.78 is 0. The molecule has 21 heavy (non-hydrogen) atoms. The van der Waals surface area contributed by atoms with Crippen molar-refractivity contribution in [1.29, 1.82) is 0 Å². The van der Waals surface area contributed by atoms with Crippen LogP contribution < -0.4 is 5.32 Å². The topological polar surface area (TPSA) is 89.8 Å². The fourth-order valence-electron chi connectivity index (χ4n) is 1.63. The van der Waals surface area contributed by atoms with E-state index in [4.69, 9.17) is 10.2 Å². The highest BCUT2D eigenvalue weighted by molar-refractivity contribution is 5.79. The summed E-state index contributed by atoms with van der Waals surface area (Å²) in [4.78, 5) is 11.2. The number of hydrogen-bond donors (Lipinski definition) is 4. The average Bonchev–Trinajstić information content (AvgIpc) is 2.54. The number of hydrogen-bond acceptors (Lipinski definition) is 4. The molecule has 0 radical (unpaired) electrons. The van der Waals surface area contributed by atoms with Crippen molar-refractivity contribution in [2.45, 2.75) is 6.04 Å². The van der Waals surface area contributed by atoms with Crippen LogP contribution in [0.15, 0.2) is 60.7 Å². The number of aliphatic hydroxyl groups is 2. The molecular formula is C16H19NO4. The number of carboxylic acids is 1. The summed E-state index contributed by atoms with van der Waals surface area (Å²) in [6, 6.07) is 17.7. The van der Waals surface area contributed by atoms with Crippen LogP contribution in [-0.4, -0.2) is 34.5 Å². The molecule has 0 bridgehead atoms. The van der Waals surface area contributed by atoms with Crippen LogP contribution in [0.25, 0.3) is 0 Å². The van der Waals surface area contributed by atoms with Gasteiger partial charge in [-0.2, -0.15) is 0 Å². The highest BCUT2D eigenvalue weighted by atomic mass is 16.4. The molecule has 4 N–H and O–H groups in total. The Morgan fingerprint density at radius 2 is 1.38 bits per heavy atom. The van der Waals surface area contributed by atoms with Crippen LogP contribution in [0.2, 0.25) is 0 Å². The number of para-hydroxylation sites is 1. The number of aliphatic carboxylic acids is 1. The fraction of sp³-hybridized carbons (Fsp3) is 0.188. The smallest absolute Gasteiger partial charge is 0.330 e. The zero-order chi connectivity index (χ0) is 15.5. The van der Waals surface area contributed by atoms with Gasteiger partial charge in [-0.1, -0.05) is 48.5 Å². The van der Waals surface area contributed by atoms with Gasteiger partial charge in [0.1, 0.15) is 0 Å². The lowest BCUT2D eigenvalue weighted by Gasteiger charge is -2.15. The van der Waals surface area contributed by atoms with Gasteiger partial charge in [0.2, 0.25) is 0 Å². The second-order valence-corrected chi connectivity index (χ2v) is 4.14. The molecule has 5 heteroatoms. The van der Waals surface area contributed by atoms with E-state index in [2.05, 4.69) is 5.32 Å². The van der Waals surface area contributed by atoms with E-state index in [0.29, 0.717) is 0 Å². The Balaban J connectivity index is 0.000000491. The molecule has 0 aliphatic heterocycles. The first kappa shape index (κ1) is 16.7. The van der Waals surface area contributed by atoms with Gasteiger partial charge in [-0.25, -0.2) is 4.79 Å². The van der Waals surface area contributed by atoms with Crippen molar-refractivity contribution >= 4 is 11.7 Å². The van der Waals surface area contributed by atoms with Gasteiger partial charge in [-0.3, -0.25) is 0 Å². The zero-order valence-corrected chi connectivity index (χ0v) is 11.5. The highest BCUT2D eigenvalue weighted by Crippen LogP contribution is 2.19. The van der Waals surface area contributed by atoms with E-state index in [1.165, 1.54) is 0 Å². The molecule has 0 spiro atoms. The highest BCUT2D eigenvalue weighted by Gasteiger charge is 2.18. The summed E-state index contributed by atoms with van der Waals surface area (Å²) in [5, 5.41) is 27.5. The number of benzene rings is 2. The Kier molecular flexibility index (Phi) is 7.56. The summed E-state index contributed by atoms with van der Waals surface area (Å²) >= 11 is 0. The van der Waals surface area contributed by atoms with Crippen molar-refractivity contribution in [3.05, 3.63) is 66.2 Å². The van der Waals surface area contributed by atoms with Gasteiger partial charge in [0.15, 0.2) is 6.04 Å². The molecule has 0 heterocycles. The van der Waals surface area contributed by atoms with E-state index in [1.807, 2.05) is 48.5 Å². The van der Waals surface area contributed by atoms with Crippen LogP contribution in [0.1, 0.15) is 11.6 Å². The second-order valence-electron chi connectivity index (χ2n) is 4.14. The van der Waals surface area contributed by atoms with Gasteiger partial charge in [-0.15, -0.1) is 0 Å². The van der Waals surface area contributed by atoms with Gasteiger partial charge in [0.25, 0.3) is 0 Å². The molecule has 1 atom stereocenters. The Hall–Kier alpha value is -2.37. The number of nitrogens with one attached hydrogen (secondary N) is 1. The molecule has 2 aromatic rings. The third-order valence-corrected chi connectivity index (χ3v) is 2.56. The average molecular weight is 289 g/mol. The lowest BCUT2D eigenvalue weighted by Crippen LogP contribution is -2.20. The molecule has 0 aliphatic rings. The molecule has 2 rings (SSSR count). The predicted molar refractivity (Wildman–Crippen MR) is 81.1 cm³/mol. The first-order valence-electron chi connectivity index (χ1n) is 6.50. The normalized spacial score (nSPS) is 11.0.